The molecule has 9 heteroatoms. The summed E-state index contributed by atoms with van der Waals surface area (Å²) < 4.78 is 0. The van der Waals surface area contributed by atoms with Gasteiger partial charge in [-0.25, -0.2) is 9.78 Å². The monoisotopic (exact) mass is 379 g/mol. The fourth-order valence-corrected chi connectivity index (χ4v) is 3.21. The molecule has 0 saturated carbocycles. The maximum atomic E-state index is 12.2. The summed E-state index contributed by atoms with van der Waals surface area (Å²) in [6, 6.07) is 7.43. The minimum absolute atomic E-state index is 0.0736. The van der Waals surface area contributed by atoms with Crippen LogP contribution in [0.1, 0.15) is 0 Å². The number of hydrogen-bond donors (Lipinski definition) is 2. The van der Waals surface area contributed by atoms with Crippen LogP contribution in [0.15, 0.2) is 35.8 Å². The highest BCUT2D eigenvalue weighted by molar-refractivity contribution is 7.13. The molecule has 0 bridgehead atoms. The van der Waals surface area contributed by atoms with Crippen molar-refractivity contribution in [3.05, 3.63) is 40.9 Å². The molecule has 3 rings (SSSR count). The number of hydrogen-bond acceptors (Lipinski definition) is 5. The van der Waals surface area contributed by atoms with Gasteiger partial charge in [0.2, 0.25) is 5.91 Å². The molecule has 1 aromatic heterocycles. The number of amides is 3. The van der Waals surface area contributed by atoms with E-state index in [-0.39, 0.29) is 18.5 Å². The third-order valence-electron chi connectivity index (χ3n) is 3.84. The Morgan fingerprint density at radius 1 is 1.16 bits per heavy atom. The van der Waals surface area contributed by atoms with Crippen LogP contribution in [0.5, 0.6) is 0 Å². The lowest BCUT2D eigenvalue weighted by Gasteiger charge is -2.36. The van der Waals surface area contributed by atoms with Gasteiger partial charge in [-0.2, -0.15) is 0 Å². The first-order chi connectivity index (χ1) is 12.1. The number of carbonyl (C=O) groups excluding carboxylic acids is 2. The summed E-state index contributed by atoms with van der Waals surface area (Å²) in [6.45, 7) is 2.60. The number of nitrogens with one attached hydrogen (secondary N) is 2. The second-order valence-corrected chi connectivity index (χ2v) is 6.83. The van der Waals surface area contributed by atoms with Gasteiger partial charge in [0.15, 0.2) is 5.13 Å². The van der Waals surface area contributed by atoms with Crippen molar-refractivity contribution >= 4 is 45.7 Å². The van der Waals surface area contributed by atoms with E-state index in [1.165, 1.54) is 11.3 Å². The predicted molar refractivity (Wildman–Crippen MR) is 99.4 cm³/mol. The summed E-state index contributed by atoms with van der Waals surface area (Å²) >= 11 is 7.24. The molecule has 0 spiro atoms. The molecule has 3 amide bonds. The number of piperazine rings is 1. The standard InChI is InChI=1S/C16H18ClN5O2S/c17-12-1-3-13(4-2-12)21-6-8-22(9-7-21)16(24)19-11-14(23)20-15-18-5-10-25-15/h1-5,10H,6-9,11H2,(H,19,24)(H,18,20,23). The number of benzene rings is 1. The van der Waals surface area contributed by atoms with E-state index in [0.29, 0.717) is 23.2 Å². The van der Waals surface area contributed by atoms with Gasteiger partial charge in [-0.1, -0.05) is 11.6 Å². The van der Waals surface area contributed by atoms with Crippen LogP contribution < -0.4 is 15.5 Å². The van der Waals surface area contributed by atoms with E-state index < -0.39 is 0 Å². The van der Waals surface area contributed by atoms with Gasteiger partial charge in [-0.3, -0.25) is 4.79 Å². The molecule has 1 aliphatic heterocycles. The lowest BCUT2D eigenvalue weighted by atomic mass is 10.2. The second kappa shape index (κ2) is 8.17. The van der Waals surface area contributed by atoms with Crippen LogP contribution in [0, 0.1) is 0 Å². The van der Waals surface area contributed by atoms with E-state index in [2.05, 4.69) is 20.5 Å². The van der Waals surface area contributed by atoms with Crippen LogP contribution in [-0.2, 0) is 4.79 Å². The van der Waals surface area contributed by atoms with Crippen LogP contribution in [-0.4, -0.2) is 54.5 Å². The van der Waals surface area contributed by atoms with Crippen molar-refractivity contribution in [1.29, 1.82) is 0 Å². The molecule has 2 aromatic rings. The Balaban J connectivity index is 1.42. The number of thiazole rings is 1. The molecule has 1 aromatic carbocycles. The first-order valence-electron chi connectivity index (χ1n) is 7.84. The van der Waals surface area contributed by atoms with E-state index >= 15 is 0 Å². The molecule has 0 atom stereocenters. The lowest BCUT2D eigenvalue weighted by Crippen LogP contribution is -2.52. The molecule has 2 heterocycles. The SMILES string of the molecule is O=C(CNC(=O)N1CCN(c2ccc(Cl)cc2)CC1)Nc1nccs1. The van der Waals surface area contributed by atoms with E-state index in [0.717, 1.165) is 18.8 Å². The van der Waals surface area contributed by atoms with Crippen molar-refractivity contribution in [2.24, 2.45) is 0 Å². The van der Waals surface area contributed by atoms with Gasteiger partial charge >= 0.3 is 6.03 Å². The molecule has 0 aliphatic carbocycles. The van der Waals surface area contributed by atoms with Gasteiger partial charge in [0.25, 0.3) is 0 Å². The molecular weight excluding hydrogens is 362 g/mol. The molecule has 2 N–H and O–H groups in total. The van der Waals surface area contributed by atoms with Gasteiger partial charge < -0.3 is 20.4 Å². The van der Waals surface area contributed by atoms with Crippen LogP contribution >= 0.6 is 22.9 Å². The maximum Gasteiger partial charge on any atom is 0.317 e. The van der Waals surface area contributed by atoms with Crippen LogP contribution in [0.3, 0.4) is 0 Å². The van der Waals surface area contributed by atoms with Crippen LogP contribution in [0.25, 0.3) is 0 Å². The molecule has 1 fully saturated rings. The molecule has 7 nitrogen and oxygen atoms in total. The van der Waals surface area contributed by atoms with Crippen molar-refractivity contribution in [2.75, 3.05) is 42.9 Å². The molecule has 1 saturated heterocycles. The van der Waals surface area contributed by atoms with E-state index in [4.69, 9.17) is 11.6 Å². The third-order valence-corrected chi connectivity index (χ3v) is 4.78. The van der Waals surface area contributed by atoms with Crippen molar-refractivity contribution < 1.29 is 9.59 Å². The van der Waals surface area contributed by atoms with E-state index in [1.807, 2.05) is 24.3 Å². The Morgan fingerprint density at radius 3 is 2.52 bits per heavy atom. The van der Waals surface area contributed by atoms with Crippen LogP contribution in [0.2, 0.25) is 5.02 Å². The Hall–Kier alpha value is -2.32. The normalized spacial score (nSPS) is 14.3. The first-order valence-corrected chi connectivity index (χ1v) is 9.10. The zero-order valence-corrected chi connectivity index (χ0v) is 15.0. The summed E-state index contributed by atoms with van der Waals surface area (Å²) in [7, 11) is 0. The first kappa shape index (κ1) is 17.5. The van der Waals surface area contributed by atoms with Crippen molar-refractivity contribution in [2.45, 2.75) is 0 Å². The minimum atomic E-state index is -0.289. The fraction of sp³-hybridized carbons (Fsp3) is 0.312. The minimum Gasteiger partial charge on any atom is -0.368 e. The lowest BCUT2D eigenvalue weighted by molar-refractivity contribution is -0.115. The average Bonchev–Trinajstić information content (AvgIpc) is 3.13. The number of halogens is 1. The summed E-state index contributed by atoms with van der Waals surface area (Å²) in [4.78, 5) is 31.8. The summed E-state index contributed by atoms with van der Waals surface area (Å²) in [5, 5.41) is 8.27. The maximum absolute atomic E-state index is 12.2. The van der Waals surface area contributed by atoms with Gasteiger partial charge in [-0.15, -0.1) is 11.3 Å². The zero-order chi connectivity index (χ0) is 17.6. The zero-order valence-electron chi connectivity index (χ0n) is 13.4. The van der Waals surface area contributed by atoms with Gasteiger partial charge in [0, 0.05) is 48.5 Å². The average molecular weight is 380 g/mol. The second-order valence-electron chi connectivity index (χ2n) is 5.49. The van der Waals surface area contributed by atoms with Gasteiger partial charge in [-0.05, 0) is 24.3 Å². The van der Waals surface area contributed by atoms with E-state index in [9.17, 15) is 9.59 Å². The largest absolute Gasteiger partial charge is 0.368 e. The molecule has 132 valence electrons. The topological polar surface area (TPSA) is 77.6 Å². The quantitative estimate of drug-likeness (QED) is 0.854. The van der Waals surface area contributed by atoms with Crippen molar-refractivity contribution in [1.82, 2.24) is 15.2 Å². The molecule has 25 heavy (non-hydrogen) atoms. The number of urea groups is 1. The molecule has 1 aliphatic rings. The Morgan fingerprint density at radius 2 is 1.88 bits per heavy atom. The highest BCUT2D eigenvalue weighted by atomic mass is 35.5. The Kier molecular flexibility index (Phi) is 5.72. The number of anilines is 2. The van der Waals surface area contributed by atoms with Crippen molar-refractivity contribution in [3.8, 4) is 0 Å². The predicted octanol–water partition coefficient (Wildman–Crippen LogP) is 2.27. The third kappa shape index (κ3) is 4.83. The smallest absolute Gasteiger partial charge is 0.317 e. The molecular formula is C16H18ClN5O2S. The summed E-state index contributed by atoms with van der Waals surface area (Å²) in [6.07, 6.45) is 1.61. The highest BCUT2D eigenvalue weighted by Crippen LogP contribution is 2.19. The summed E-state index contributed by atoms with van der Waals surface area (Å²) in [5.74, 6) is -0.289. The summed E-state index contributed by atoms with van der Waals surface area (Å²) in [5.41, 5.74) is 1.09. The van der Waals surface area contributed by atoms with E-state index in [1.54, 1.807) is 16.5 Å². The van der Waals surface area contributed by atoms with Crippen LogP contribution in [0.4, 0.5) is 15.6 Å². The number of rotatable bonds is 4. The van der Waals surface area contributed by atoms with Gasteiger partial charge in [0.05, 0.1) is 6.54 Å². The van der Waals surface area contributed by atoms with Crippen molar-refractivity contribution in [3.63, 3.8) is 0 Å². The number of aromatic nitrogens is 1. The number of carbonyl (C=O) groups is 2. The highest BCUT2D eigenvalue weighted by Gasteiger charge is 2.21. The molecule has 0 radical (unpaired) electrons. The Bertz CT molecular complexity index is 715. The Labute approximate surface area is 154 Å². The number of nitrogens with zero attached hydrogens (tertiary/aromatic N) is 3. The molecule has 0 unspecified atom stereocenters. The van der Waals surface area contributed by atoms with Gasteiger partial charge in [0.1, 0.15) is 0 Å². The fourth-order valence-electron chi connectivity index (χ4n) is 2.54.